The average Bonchev–Trinajstić information content (AvgIpc) is 2.78. The van der Waals surface area contributed by atoms with Crippen LogP contribution in [0.3, 0.4) is 0 Å². The number of rotatable bonds is 4. The van der Waals surface area contributed by atoms with Gasteiger partial charge in [-0.2, -0.15) is 4.99 Å². The predicted octanol–water partition coefficient (Wildman–Crippen LogP) is 0.398. The van der Waals surface area contributed by atoms with E-state index in [2.05, 4.69) is 10.3 Å². The largest absolute Gasteiger partial charge is 0.467 e. The average molecular weight is 269 g/mol. The molecule has 8 heteroatoms. The first-order valence-electron chi connectivity index (χ1n) is 5.12. The normalized spacial score (nSPS) is 11.6. The van der Waals surface area contributed by atoms with Gasteiger partial charge in [0.2, 0.25) is 5.91 Å². The van der Waals surface area contributed by atoms with Crippen LogP contribution in [0.15, 0.2) is 27.8 Å². The number of amides is 1. The fourth-order valence-electron chi connectivity index (χ4n) is 1.18. The zero-order valence-corrected chi connectivity index (χ0v) is 10.7. The Bertz CT molecular complexity index is 439. The maximum Gasteiger partial charge on any atom is 0.231 e. The monoisotopic (exact) mass is 269 g/mol. The van der Waals surface area contributed by atoms with Crippen molar-refractivity contribution in [1.82, 2.24) is 5.32 Å². The number of hydrogen-bond acceptors (Lipinski definition) is 4. The summed E-state index contributed by atoms with van der Waals surface area (Å²) in [7, 11) is 0. The van der Waals surface area contributed by atoms with E-state index in [9.17, 15) is 4.79 Å². The Morgan fingerprint density at radius 2 is 2.39 bits per heavy atom. The van der Waals surface area contributed by atoms with Crippen LogP contribution in [0.25, 0.3) is 0 Å². The molecule has 6 N–H and O–H groups in total. The van der Waals surface area contributed by atoms with E-state index in [-0.39, 0.29) is 28.8 Å². The second-order valence-electron chi connectivity index (χ2n) is 3.44. The maximum atomic E-state index is 11.6. The van der Waals surface area contributed by atoms with Crippen molar-refractivity contribution < 1.29 is 9.21 Å². The topological polar surface area (TPSA) is 130 Å². The van der Waals surface area contributed by atoms with Gasteiger partial charge in [0.25, 0.3) is 0 Å². The highest BCUT2D eigenvalue weighted by molar-refractivity contribution is 8.14. The zero-order chi connectivity index (χ0) is 13.5. The van der Waals surface area contributed by atoms with E-state index < -0.39 is 0 Å². The molecule has 1 heterocycles. The van der Waals surface area contributed by atoms with Crippen LogP contribution in [0.5, 0.6) is 0 Å². The van der Waals surface area contributed by atoms with Gasteiger partial charge in [-0.1, -0.05) is 11.8 Å². The van der Waals surface area contributed by atoms with Gasteiger partial charge in [-0.3, -0.25) is 10.2 Å². The number of carbonyl (C=O) groups is 1. The first kappa shape index (κ1) is 14.1. The van der Waals surface area contributed by atoms with Crippen LogP contribution in [-0.2, 0) is 4.79 Å². The highest BCUT2D eigenvalue weighted by atomic mass is 32.2. The number of guanidine groups is 1. The number of nitrogens with one attached hydrogen (secondary N) is 2. The fraction of sp³-hybridized carbons (Fsp3) is 0.300. The quantitative estimate of drug-likeness (QED) is 0.464. The summed E-state index contributed by atoms with van der Waals surface area (Å²) < 4.78 is 5.16. The Hall–Kier alpha value is -1.96. The summed E-state index contributed by atoms with van der Waals surface area (Å²) in [6.45, 7) is 1.81. The van der Waals surface area contributed by atoms with E-state index in [1.807, 2.05) is 6.92 Å². The van der Waals surface area contributed by atoms with Gasteiger partial charge in [0.1, 0.15) is 5.76 Å². The number of nitrogens with two attached hydrogens (primary N) is 2. The third kappa shape index (κ3) is 4.91. The Morgan fingerprint density at radius 3 is 2.94 bits per heavy atom. The summed E-state index contributed by atoms with van der Waals surface area (Å²) in [6, 6.07) is 3.31. The van der Waals surface area contributed by atoms with Crippen molar-refractivity contribution in [2.75, 3.05) is 5.75 Å². The molecule has 0 fully saturated rings. The van der Waals surface area contributed by atoms with Crippen molar-refractivity contribution >= 4 is 28.8 Å². The lowest BCUT2D eigenvalue weighted by Crippen LogP contribution is -2.28. The predicted molar refractivity (Wildman–Crippen MR) is 71.3 cm³/mol. The van der Waals surface area contributed by atoms with Crippen LogP contribution >= 0.6 is 11.8 Å². The molecular formula is C10H15N5O2S. The van der Waals surface area contributed by atoms with Crippen LogP contribution in [0.1, 0.15) is 18.7 Å². The lowest BCUT2D eigenvalue weighted by Gasteiger charge is -2.10. The summed E-state index contributed by atoms with van der Waals surface area (Å²) in [6.07, 6.45) is 1.54. The Balaban J connectivity index is 2.34. The van der Waals surface area contributed by atoms with E-state index >= 15 is 0 Å². The van der Waals surface area contributed by atoms with Crippen molar-refractivity contribution in [2.45, 2.75) is 13.0 Å². The molecule has 0 aliphatic heterocycles. The second-order valence-corrected chi connectivity index (χ2v) is 4.40. The van der Waals surface area contributed by atoms with Gasteiger partial charge >= 0.3 is 0 Å². The number of carbonyl (C=O) groups excluding carboxylic acids is 1. The molecule has 18 heavy (non-hydrogen) atoms. The van der Waals surface area contributed by atoms with Crippen LogP contribution < -0.4 is 16.8 Å². The summed E-state index contributed by atoms with van der Waals surface area (Å²) in [5.41, 5.74) is 10.2. The van der Waals surface area contributed by atoms with E-state index in [1.165, 1.54) is 0 Å². The molecule has 1 atom stereocenters. The number of hydrogen-bond donors (Lipinski definition) is 4. The molecule has 0 saturated carbocycles. The van der Waals surface area contributed by atoms with Crippen LogP contribution in [-0.4, -0.2) is 22.8 Å². The molecule has 0 bridgehead atoms. The van der Waals surface area contributed by atoms with Crippen LogP contribution in [0.2, 0.25) is 0 Å². The SMILES string of the molecule is CC(NC(=O)CSC(=N)N=C(N)N)c1ccco1. The number of thioether (sulfide) groups is 1. The fourth-order valence-corrected chi connectivity index (χ4v) is 1.70. The number of furan rings is 1. The van der Waals surface area contributed by atoms with Gasteiger partial charge in [0.05, 0.1) is 18.1 Å². The molecule has 0 aromatic carbocycles. The van der Waals surface area contributed by atoms with E-state index in [1.54, 1.807) is 18.4 Å². The molecule has 1 amide bonds. The van der Waals surface area contributed by atoms with Gasteiger partial charge in [0.15, 0.2) is 11.1 Å². The van der Waals surface area contributed by atoms with E-state index in [4.69, 9.17) is 21.3 Å². The molecule has 0 saturated heterocycles. The highest BCUT2D eigenvalue weighted by Crippen LogP contribution is 2.12. The third-order valence-electron chi connectivity index (χ3n) is 1.92. The molecule has 0 aliphatic carbocycles. The summed E-state index contributed by atoms with van der Waals surface area (Å²) in [4.78, 5) is 15.1. The Morgan fingerprint density at radius 1 is 1.67 bits per heavy atom. The minimum absolute atomic E-state index is 0.0701. The number of nitrogens with zero attached hydrogens (tertiary/aromatic N) is 1. The first-order chi connectivity index (χ1) is 8.49. The second kappa shape index (κ2) is 6.70. The van der Waals surface area contributed by atoms with Crippen molar-refractivity contribution in [1.29, 1.82) is 5.41 Å². The summed E-state index contributed by atoms with van der Waals surface area (Å²) in [5.74, 6) is 0.324. The Labute approximate surface area is 109 Å². The molecule has 1 aromatic heterocycles. The number of amidine groups is 1. The summed E-state index contributed by atoms with van der Waals surface area (Å²) in [5, 5.41) is 9.98. The van der Waals surface area contributed by atoms with Crippen LogP contribution in [0, 0.1) is 5.41 Å². The minimum atomic E-state index is -0.223. The highest BCUT2D eigenvalue weighted by Gasteiger charge is 2.12. The third-order valence-corrected chi connectivity index (χ3v) is 2.69. The van der Waals surface area contributed by atoms with E-state index in [0.29, 0.717) is 5.76 Å². The van der Waals surface area contributed by atoms with Crippen molar-refractivity contribution in [3.8, 4) is 0 Å². The van der Waals surface area contributed by atoms with Gasteiger partial charge in [0, 0.05) is 0 Å². The maximum absolute atomic E-state index is 11.6. The minimum Gasteiger partial charge on any atom is -0.467 e. The Kier molecular flexibility index (Phi) is 5.25. The van der Waals surface area contributed by atoms with Gasteiger partial charge in [-0.15, -0.1) is 0 Å². The number of aliphatic imine (C=N–C) groups is 1. The molecule has 0 spiro atoms. The molecule has 1 aromatic rings. The van der Waals surface area contributed by atoms with Gasteiger partial charge < -0.3 is 21.2 Å². The van der Waals surface area contributed by atoms with Gasteiger partial charge in [-0.25, -0.2) is 0 Å². The standard InChI is InChI=1S/C10H15N5O2S/c1-6(7-3-2-4-17-7)14-8(16)5-18-10(13)15-9(11)12/h2-4,6H,5H2,1H3,(H,14,16)(H5,11,12,13,15). The molecular weight excluding hydrogens is 254 g/mol. The van der Waals surface area contributed by atoms with Crippen molar-refractivity contribution in [2.24, 2.45) is 16.5 Å². The summed E-state index contributed by atoms with van der Waals surface area (Å²) >= 11 is 0.945. The van der Waals surface area contributed by atoms with Gasteiger partial charge in [-0.05, 0) is 19.1 Å². The molecule has 0 aliphatic rings. The smallest absolute Gasteiger partial charge is 0.231 e. The van der Waals surface area contributed by atoms with Crippen molar-refractivity contribution in [3.63, 3.8) is 0 Å². The van der Waals surface area contributed by atoms with E-state index in [0.717, 1.165) is 11.8 Å². The lowest BCUT2D eigenvalue weighted by molar-refractivity contribution is -0.119. The van der Waals surface area contributed by atoms with Crippen LogP contribution in [0.4, 0.5) is 0 Å². The first-order valence-corrected chi connectivity index (χ1v) is 6.11. The lowest BCUT2D eigenvalue weighted by atomic mass is 10.2. The van der Waals surface area contributed by atoms with Crippen molar-refractivity contribution in [3.05, 3.63) is 24.2 Å². The molecule has 7 nitrogen and oxygen atoms in total. The molecule has 98 valence electrons. The molecule has 1 unspecified atom stereocenters. The molecule has 1 rings (SSSR count). The zero-order valence-electron chi connectivity index (χ0n) is 9.84. The molecule has 0 radical (unpaired) electrons.